The van der Waals surface area contributed by atoms with E-state index in [1.165, 1.54) is 10.9 Å². The van der Waals surface area contributed by atoms with Gasteiger partial charge < -0.3 is 14.9 Å². The second kappa shape index (κ2) is 6.12. The van der Waals surface area contributed by atoms with E-state index in [9.17, 15) is 9.90 Å². The maximum absolute atomic E-state index is 12.2. The van der Waals surface area contributed by atoms with Gasteiger partial charge in [0, 0.05) is 0 Å². The maximum Gasteiger partial charge on any atom is 0.266 e. The Morgan fingerprint density at radius 2 is 2.00 bits per heavy atom. The van der Waals surface area contributed by atoms with Crippen LogP contribution in [0, 0.1) is 0 Å². The first-order valence-electron chi connectivity index (χ1n) is 5.76. The minimum absolute atomic E-state index is 0.0213. The molecule has 19 heavy (non-hydrogen) atoms. The van der Waals surface area contributed by atoms with Crippen molar-refractivity contribution in [3.05, 3.63) is 47.0 Å². The number of nitrogens with zero attached hydrogens (tertiary/aromatic N) is 2. The largest absolute Gasteiger partial charge is 0.493 e. The molecule has 2 N–H and O–H groups in total. The molecule has 0 aliphatic rings. The minimum Gasteiger partial charge on any atom is -0.493 e. The van der Waals surface area contributed by atoms with Crippen molar-refractivity contribution in [2.75, 3.05) is 13.2 Å². The number of hydrogen-bond donors (Lipinski definition) is 2. The van der Waals surface area contributed by atoms with Crippen LogP contribution in [0.1, 0.15) is 0 Å². The Balaban J connectivity index is 2.38. The number of rotatable bonds is 5. The molecule has 1 heterocycles. The maximum atomic E-state index is 12.2. The molecule has 0 amide bonds. The first kappa shape index (κ1) is 13.3. The van der Waals surface area contributed by atoms with E-state index < -0.39 is 5.56 Å². The number of hydrogen-bond acceptors (Lipinski definition) is 5. The highest BCUT2D eigenvalue weighted by Gasteiger charge is 2.12. The summed E-state index contributed by atoms with van der Waals surface area (Å²) in [5, 5.41) is 18.4. The third-order valence-corrected chi connectivity index (χ3v) is 2.55. The third-order valence-electron chi connectivity index (χ3n) is 2.55. The van der Waals surface area contributed by atoms with Gasteiger partial charge in [0.05, 0.1) is 13.2 Å². The molecular formula is C13H14N2O4. The van der Waals surface area contributed by atoms with Gasteiger partial charge in [-0.3, -0.25) is 9.36 Å². The van der Waals surface area contributed by atoms with Crippen LogP contribution in [-0.4, -0.2) is 33.0 Å². The second-order valence-electron chi connectivity index (χ2n) is 3.85. The van der Waals surface area contributed by atoms with Crippen LogP contribution in [0.2, 0.25) is 0 Å². The van der Waals surface area contributed by atoms with Crippen LogP contribution >= 0.6 is 0 Å². The zero-order valence-electron chi connectivity index (χ0n) is 10.2. The van der Waals surface area contributed by atoms with Gasteiger partial charge in [-0.15, -0.1) is 0 Å². The van der Waals surface area contributed by atoms with Crippen LogP contribution < -0.4 is 5.56 Å². The molecule has 0 aliphatic heterocycles. The quantitative estimate of drug-likeness (QED) is 0.770. The predicted molar refractivity (Wildman–Crippen MR) is 68.6 cm³/mol. The summed E-state index contributed by atoms with van der Waals surface area (Å²) in [4.78, 5) is 16.0. The Morgan fingerprint density at radius 1 is 1.26 bits per heavy atom. The molecule has 1 aromatic carbocycles. The predicted octanol–water partition coefficient (Wildman–Crippen LogP) is 0.582. The first-order chi connectivity index (χ1) is 9.24. The molecule has 0 unspecified atom stereocenters. The van der Waals surface area contributed by atoms with Crippen LogP contribution in [0.5, 0.6) is 5.88 Å². The summed E-state index contributed by atoms with van der Waals surface area (Å²) in [7, 11) is 0. The fraction of sp³-hybridized carbons (Fsp3) is 0.231. The van der Waals surface area contributed by atoms with Crippen molar-refractivity contribution < 1.29 is 14.9 Å². The second-order valence-corrected chi connectivity index (χ2v) is 3.85. The van der Waals surface area contributed by atoms with Crippen molar-refractivity contribution in [2.45, 2.75) is 6.73 Å². The topological polar surface area (TPSA) is 84.6 Å². The molecule has 0 fully saturated rings. The molecule has 6 heteroatoms. The summed E-state index contributed by atoms with van der Waals surface area (Å²) >= 11 is 0. The van der Waals surface area contributed by atoms with Gasteiger partial charge in [0.1, 0.15) is 18.6 Å². The van der Waals surface area contributed by atoms with Crippen molar-refractivity contribution in [1.82, 2.24) is 9.55 Å². The lowest BCUT2D eigenvalue weighted by Crippen LogP contribution is -2.23. The van der Waals surface area contributed by atoms with E-state index in [2.05, 4.69) is 4.98 Å². The number of aromatic hydroxyl groups is 1. The minimum atomic E-state index is -0.392. The molecule has 2 aromatic rings. The summed E-state index contributed by atoms with van der Waals surface area (Å²) < 4.78 is 6.31. The Hall–Kier alpha value is -2.18. The summed E-state index contributed by atoms with van der Waals surface area (Å²) in [6.45, 7) is -0.00764. The Bertz CT molecular complexity index is 595. The molecule has 0 atom stereocenters. The van der Waals surface area contributed by atoms with Crippen molar-refractivity contribution >= 4 is 0 Å². The van der Waals surface area contributed by atoms with Gasteiger partial charge in [0.25, 0.3) is 5.56 Å². The van der Waals surface area contributed by atoms with Gasteiger partial charge in [-0.2, -0.15) is 0 Å². The van der Waals surface area contributed by atoms with Gasteiger partial charge in [0.15, 0.2) is 0 Å². The fourth-order valence-corrected chi connectivity index (χ4v) is 1.66. The average molecular weight is 262 g/mol. The number of aliphatic hydroxyl groups is 1. The van der Waals surface area contributed by atoms with Gasteiger partial charge in [-0.05, 0) is 5.56 Å². The molecule has 2 rings (SSSR count). The zero-order valence-corrected chi connectivity index (χ0v) is 10.2. The Kier molecular flexibility index (Phi) is 4.27. The Morgan fingerprint density at radius 3 is 2.68 bits per heavy atom. The smallest absolute Gasteiger partial charge is 0.266 e. The SMILES string of the molecule is O=c1c(-c2ccccc2)c(O)ncn1COCCO. The lowest BCUT2D eigenvalue weighted by molar-refractivity contribution is 0.0458. The van der Waals surface area contributed by atoms with E-state index >= 15 is 0 Å². The van der Waals surface area contributed by atoms with Crippen LogP contribution in [0.3, 0.4) is 0 Å². The zero-order chi connectivity index (χ0) is 13.7. The monoisotopic (exact) mass is 262 g/mol. The summed E-state index contributed by atoms with van der Waals surface area (Å²) in [5.41, 5.74) is 0.335. The van der Waals surface area contributed by atoms with Crippen molar-refractivity contribution in [2.24, 2.45) is 0 Å². The van der Waals surface area contributed by atoms with E-state index in [1.54, 1.807) is 24.3 Å². The van der Waals surface area contributed by atoms with E-state index in [0.717, 1.165) is 0 Å². The van der Waals surface area contributed by atoms with Gasteiger partial charge in [0.2, 0.25) is 5.88 Å². The van der Waals surface area contributed by atoms with Crippen molar-refractivity contribution in [3.63, 3.8) is 0 Å². The van der Waals surface area contributed by atoms with E-state index in [-0.39, 0.29) is 31.4 Å². The number of aromatic nitrogens is 2. The molecule has 6 nitrogen and oxygen atoms in total. The highest BCUT2D eigenvalue weighted by atomic mass is 16.5. The molecule has 0 spiro atoms. The first-order valence-corrected chi connectivity index (χ1v) is 5.76. The van der Waals surface area contributed by atoms with E-state index in [1.807, 2.05) is 6.07 Å². The third kappa shape index (κ3) is 2.98. The number of benzene rings is 1. The van der Waals surface area contributed by atoms with Crippen molar-refractivity contribution in [1.29, 1.82) is 0 Å². The molecule has 1 aromatic heterocycles. The molecule has 0 aliphatic carbocycles. The van der Waals surface area contributed by atoms with Crippen LogP contribution in [-0.2, 0) is 11.5 Å². The van der Waals surface area contributed by atoms with E-state index in [4.69, 9.17) is 9.84 Å². The lowest BCUT2D eigenvalue weighted by Gasteiger charge is -2.09. The molecular weight excluding hydrogens is 248 g/mol. The average Bonchev–Trinajstić information content (AvgIpc) is 2.43. The van der Waals surface area contributed by atoms with Gasteiger partial charge in [-0.1, -0.05) is 30.3 Å². The molecule has 0 saturated carbocycles. The lowest BCUT2D eigenvalue weighted by atomic mass is 10.1. The fourth-order valence-electron chi connectivity index (χ4n) is 1.66. The highest BCUT2D eigenvalue weighted by Crippen LogP contribution is 2.22. The molecule has 100 valence electrons. The Labute approximate surface area is 109 Å². The van der Waals surface area contributed by atoms with Crippen LogP contribution in [0.25, 0.3) is 11.1 Å². The number of ether oxygens (including phenoxy) is 1. The normalized spacial score (nSPS) is 10.6. The van der Waals surface area contributed by atoms with Crippen molar-refractivity contribution in [3.8, 4) is 17.0 Å². The van der Waals surface area contributed by atoms with E-state index in [0.29, 0.717) is 5.56 Å². The summed E-state index contributed by atoms with van der Waals surface area (Å²) in [5.74, 6) is -0.311. The number of aliphatic hydroxyl groups excluding tert-OH is 1. The highest BCUT2D eigenvalue weighted by molar-refractivity contribution is 5.66. The summed E-state index contributed by atoms with van der Waals surface area (Å²) in [6, 6.07) is 8.80. The van der Waals surface area contributed by atoms with Gasteiger partial charge >= 0.3 is 0 Å². The van der Waals surface area contributed by atoms with Crippen LogP contribution in [0.4, 0.5) is 0 Å². The molecule has 0 radical (unpaired) electrons. The summed E-state index contributed by atoms with van der Waals surface area (Å²) in [6.07, 6.45) is 1.21. The molecule has 0 bridgehead atoms. The molecule has 0 saturated heterocycles. The van der Waals surface area contributed by atoms with Crippen LogP contribution in [0.15, 0.2) is 41.5 Å². The standard InChI is InChI=1S/C13H14N2O4/c16-6-7-19-9-15-8-14-12(17)11(13(15)18)10-4-2-1-3-5-10/h1-5,8,16-17H,6-7,9H2. The van der Waals surface area contributed by atoms with Gasteiger partial charge in [-0.25, -0.2) is 4.98 Å².